The maximum atomic E-state index is 14.0. The number of aromatic nitrogens is 2. The van der Waals surface area contributed by atoms with E-state index in [4.69, 9.17) is 9.47 Å². The van der Waals surface area contributed by atoms with Crippen molar-refractivity contribution in [2.45, 2.75) is 13.0 Å². The van der Waals surface area contributed by atoms with E-state index in [1.807, 2.05) is 73.7 Å². The van der Waals surface area contributed by atoms with Gasteiger partial charge < -0.3 is 14.6 Å². The van der Waals surface area contributed by atoms with Crippen LogP contribution in [-0.2, 0) is 11.8 Å². The third kappa shape index (κ3) is 6.09. The number of ether oxygens (including phenoxy) is 2. The number of nitrogens with one attached hydrogen (secondary N) is 1. The van der Waals surface area contributed by atoms with Crippen molar-refractivity contribution in [3.63, 3.8) is 0 Å². The van der Waals surface area contributed by atoms with E-state index in [0.717, 1.165) is 33.9 Å². The second-order valence-electron chi connectivity index (χ2n) is 9.24. The molecule has 5 aromatic rings. The van der Waals surface area contributed by atoms with Crippen LogP contribution in [0.1, 0.15) is 28.9 Å². The summed E-state index contributed by atoms with van der Waals surface area (Å²) in [7, 11) is 1.74. The van der Waals surface area contributed by atoms with E-state index in [9.17, 15) is 19.1 Å². The summed E-state index contributed by atoms with van der Waals surface area (Å²) in [5.74, 6) is -1.47. The first-order chi connectivity index (χ1) is 19.8. The lowest BCUT2D eigenvalue weighted by Gasteiger charge is -2.15. The van der Waals surface area contributed by atoms with Crippen molar-refractivity contribution in [3.05, 3.63) is 120 Å². The number of carboxylic acids is 1. The minimum Gasteiger partial charge on any atom is -0.477 e. The molecule has 9 heteroatoms. The number of hydrogen-bond acceptors (Lipinski definition) is 5. The van der Waals surface area contributed by atoms with Crippen LogP contribution in [0.15, 0.2) is 103 Å². The van der Waals surface area contributed by atoms with Crippen LogP contribution in [0.5, 0.6) is 11.5 Å². The second-order valence-corrected chi connectivity index (χ2v) is 9.24. The van der Waals surface area contributed by atoms with Gasteiger partial charge in [-0.05, 0) is 53.4 Å². The monoisotopic (exact) mass is 551 g/mol. The first kappa shape index (κ1) is 27.1. The van der Waals surface area contributed by atoms with Gasteiger partial charge in [-0.2, -0.15) is 5.10 Å². The van der Waals surface area contributed by atoms with Crippen molar-refractivity contribution >= 4 is 17.9 Å². The van der Waals surface area contributed by atoms with Gasteiger partial charge in [0.2, 0.25) is 0 Å². The van der Waals surface area contributed by atoms with Crippen LogP contribution in [0.2, 0.25) is 0 Å². The molecule has 1 aromatic heterocycles. The molecule has 0 unspecified atom stereocenters. The Kier molecular flexibility index (Phi) is 7.78. The Hall–Kier alpha value is -5.44. The van der Waals surface area contributed by atoms with Gasteiger partial charge in [-0.1, -0.05) is 72.8 Å². The van der Waals surface area contributed by atoms with Gasteiger partial charge in [-0.15, -0.1) is 0 Å². The maximum Gasteiger partial charge on any atom is 0.413 e. The zero-order valence-electron chi connectivity index (χ0n) is 22.2. The highest BCUT2D eigenvalue weighted by Gasteiger charge is 2.19. The molecule has 206 valence electrons. The largest absolute Gasteiger partial charge is 0.477 e. The van der Waals surface area contributed by atoms with Crippen molar-refractivity contribution in [2.75, 3.05) is 5.32 Å². The van der Waals surface area contributed by atoms with E-state index in [2.05, 4.69) is 10.4 Å². The van der Waals surface area contributed by atoms with E-state index in [1.165, 1.54) is 12.1 Å². The van der Waals surface area contributed by atoms with E-state index in [0.29, 0.717) is 11.6 Å². The van der Waals surface area contributed by atoms with Gasteiger partial charge in [-0.3, -0.25) is 10.00 Å². The molecular weight excluding hydrogens is 525 g/mol. The molecule has 0 saturated carbocycles. The van der Waals surface area contributed by atoms with Crippen molar-refractivity contribution < 1.29 is 28.6 Å². The second kappa shape index (κ2) is 11.7. The van der Waals surface area contributed by atoms with Crippen LogP contribution in [0.3, 0.4) is 0 Å². The summed E-state index contributed by atoms with van der Waals surface area (Å²) in [5.41, 5.74) is 3.77. The normalized spacial score (nSPS) is 11.5. The Balaban J connectivity index is 1.28. The number of halogens is 1. The number of aryl methyl sites for hydroxylation is 1. The number of anilines is 1. The van der Waals surface area contributed by atoms with Crippen molar-refractivity contribution in [1.82, 2.24) is 9.78 Å². The molecule has 41 heavy (non-hydrogen) atoms. The molecule has 0 fully saturated rings. The number of aromatic carboxylic acids is 1. The van der Waals surface area contributed by atoms with Gasteiger partial charge in [0.15, 0.2) is 0 Å². The molecule has 1 amide bonds. The maximum absolute atomic E-state index is 14.0. The first-order valence-corrected chi connectivity index (χ1v) is 12.8. The number of carboxylic acid groups (broad SMARTS) is 1. The third-order valence-electron chi connectivity index (χ3n) is 6.51. The van der Waals surface area contributed by atoms with Gasteiger partial charge in [0.1, 0.15) is 34.8 Å². The van der Waals surface area contributed by atoms with E-state index < -0.39 is 29.5 Å². The van der Waals surface area contributed by atoms with Crippen molar-refractivity contribution in [2.24, 2.45) is 7.05 Å². The average molecular weight is 552 g/mol. The van der Waals surface area contributed by atoms with Crippen LogP contribution in [-0.4, -0.2) is 26.9 Å². The Labute approximate surface area is 235 Å². The predicted molar refractivity (Wildman–Crippen MR) is 152 cm³/mol. The molecule has 0 aliphatic rings. The highest BCUT2D eigenvalue weighted by atomic mass is 19.1. The fraction of sp³-hybridized carbons (Fsp3) is 0.0938. The Morgan fingerprint density at radius 2 is 1.51 bits per heavy atom. The lowest BCUT2D eigenvalue weighted by atomic mass is 10.0. The highest BCUT2D eigenvalue weighted by Crippen LogP contribution is 2.32. The Morgan fingerprint density at radius 3 is 2.17 bits per heavy atom. The summed E-state index contributed by atoms with van der Waals surface area (Å²) in [5, 5.41) is 16.4. The highest BCUT2D eigenvalue weighted by molar-refractivity contribution is 5.91. The van der Waals surface area contributed by atoms with E-state index in [-0.39, 0.29) is 5.75 Å². The molecule has 4 aromatic carbocycles. The Bertz CT molecular complexity index is 1680. The van der Waals surface area contributed by atoms with E-state index >= 15 is 0 Å². The minimum atomic E-state index is -1.40. The molecule has 2 N–H and O–H groups in total. The molecular formula is C32H26FN3O5. The SMILES string of the molecule is C[C@@H](OC(=O)Nc1c(-c2ccc(-c3ccc(Oc4cccc(F)c4C(=O)O)cc3)cc2)cnn1C)c1ccccc1. The van der Waals surface area contributed by atoms with Crippen molar-refractivity contribution in [1.29, 1.82) is 0 Å². The van der Waals surface area contributed by atoms with Crippen LogP contribution in [0.25, 0.3) is 22.3 Å². The lowest BCUT2D eigenvalue weighted by molar-refractivity contribution is 0.0688. The van der Waals surface area contributed by atoms with Gasteiger partial charge in [0.05, 0.1) is 6.20 Å². The zero-order valence-corrected chi connectivity index (χ0v) is 22.2. The van der Waals surface area contributed by atoms with Gasteiger partial charge in [0, 0.05) is 12.6 Å². The Morgan fingerprint density at radius 1 is 0.878 bits per heavy atom. The number of carbonyl (C=O) groups excluding carboxylic acids is 1. The molecule has 0 bridgehead atoms. The summed E-state index contributed by atoms with van der Waals surface area (Å²) >= 11 is 0. The minimum absolute atomic E-state index is 0.0751. The van der Waals surface area contributed by atoms with Crippen LogP contribution < -0.4 is 10.1 Å². The van der Waals surface area contributed by atoms with E-state index in [1.54, 1.807) is 30.1 Å². The van der Waals surface area contributed by atoms with Crippen LogP contribution in [0.4, 0.5) is 15.0 Å². The predicted octanol–water partition coefficient (Wildman–Crippen LogP) is 7.69. The molecule has 1 atom stereocenters. The molecule has 0 spiro atoms. The standard InChI is InChI=1S/C32H26FN3O5/c1-20(21-7-4-3-5-8-21)40-32(39)35-30-26(19-34-36(30)2)24-13-11-22(12-14-24)23-15-17-25(18-16-23)41-28-10-6-9-27(33)29(28)31(37)38/h3-20H,1-2H3,(H,35,39)(H,37,38)/t20-/m1/s1. The number of hydrogen-bond donors (Lipinski definition) is 2. The van der Waals surface area contributed by atoms with Gasteiger partial charge >= 0.3 is 12.1 Å². The van der Waals surface area contributed by atoms with Crippen molar-refractivity contribution in [3.8, 4) is 33.8 Å². The lowest BCUT2D eigenvalue weighted by Crippen LogP contribution is -2.18. The molecule has 0 saturated heterocycles. The number of amides is 1. The fourth-order valence-electron chi connectivity index (χ4n) is 4.36. The third-order valence-corrected chi connectivity index (χ3v) is 6.51. The molecule has 1 heterocycles. The van der Waals surface area contributed by atoms with Crippen LogP contribution >= 0.6 is 0 Å². The summed E-state index contributed by atoms with van der Waals surface area (Å²) in [4.78, 5) is 24.1. The average Bonchev–Trinajstić information content (AvgIpc) is 3.33. The summed E-state index contributed by atoms with van der Waals surface area (Å²) in [6.45, 7) is 1.81. The quantitative estimate of drug-likeness (QED) is 0.205. The molecule has 5 rings (SSSR count). The zero-order chi connectivity index (χ0) is 28.9. The smallest absolute Gasteiger partial charge is 0.413 e. The van der Waals surface area contributed by atoms with Gasteiger partial charge in [0.25, 0.3) is 0 Å². The molecule has 8 nitrogen and oxygen atoms in total. The summed E-state index contributed by atoms with van der Waals surface area (Å²) in [6, 6.07) is 28.1. The topological polar surface area (TPSA) is 103 Å². The number of rotatable bonds is 8. The summed E-state index contributed by atoms with van der Waals surface area (Å²) < 4.78 is 26.7. The van der Waals surface area contributed by atoms with Gasteiger partial charge in [-0.25, -0.2) is 14.0 Å². The molecule has 0 radical (unpaired) electrons. The first-order valence-electron chi connectivity index (χ1n) is 12.8. The molecule has 0 aliphatic heterocycles. The number of benzene rings is 4. The number of carbonyl (C=O) groups is 2. The fourth-order valence-corrected chi connectivity index (χ4v) is 4.36. The van der Waals surface area contributed by atoms with Crippen LogP contribution in [0, 0.1) is 5.82 Å². The summed E-state index contributed by atoms with van der Waals surface area (Å²) in [6.07, 6.45) is 0.672. The number of nitrogens with zero attached hydrogens (tertiary/aromatic N) is 2. The molecule has 0 aliphatic carbocycles.